The molecule has 0 radical (unpaired) electrons. The van der Waals surface area contributed by atoms with Crippen LogP contribution in [0.1, 0.15) is 13.3 Å². The Balaban J connectivity index is 2.23. The first-order valence-corrected chi connectivity index (χ1v) is 6.84. The summed E-state index contributed by atoms with van der Waals surface area (Å²) in [6.45, 7) is 2.80. The van der Waals surface area contributed by atoms with Crippen molar-refractivity contribution in [2.75, 3.05) is 17.2 Å². The maximum Gasteiger partial charge on any atom is 0.224 e. The van der Waals surface area contributed by atoms with Crippen molar-refractivity contribution in [3.05, 3.63) is 40.3 Å². The minimum absolute atomic E-state index is 0.253. The number of aromatic nitrogens is 2. The lowest BCUT2D eigenvalue weighted by molar-refractivity contribution is 0.628. The maximum atomic E-state index is 13.0. The predicted octanol–water partition coefficient (Wildman–Crippen LogP) is 4.49. The summed E-state index contributed by atoms with van der Waals surface area (Å²) in [5.74, 6) is 0.477. The van der Waals surface area contributed by atoms with Crippen molar-refractivity contribution in [1.82, 2.24) is 9.97 Å². The van der Waals surface area contributed by atoms with Crippen molar-refractivity contribution < 1.29 is 4.39 Å². The van der Waals surface area contributed by atoms with Crippen LogP contribution in [0.3, 0.4) is 0 Å². The van der Waals surface area contributed by atoms with E-state index < -0.39 is 5.82 Å². The average molecular weight is 315 g/mol. The van der Waals surface area contributed by atoms with Crippen molar-refractivity contribution in [3.63, 3.8) is 0 Å². The van der Waals surface area contributed by atoms with Gasteiger partial charge in [-0.3, -0.25) is 0 Å². The highest BCUT2D eigenvalue weighted by molar-refractivity contribution is 6.34. The molecule has 2 aromatic rings. The predicted molar refractivity (Wildman–Crippen MR) is 80.5 cm³/mol. The average Bonchev–Trinajstić information content (AvgIpc) is 2.42. The van der Waals surface area contributed by atoms with E-state index in [1.165, 1.54) is 24.4 Å². The van der Waals surface area contributed by atoms with Crippen LogP contribution in [0.2, 0.25) is 10.0 Å². The lowest BCUT2D eigenvalue weighted by atomic mass is 10.3. The highest BCUT2D eigenvalue weighted by atomic mass is 35.5. The van der Waals surface area contributed by atoms with E-state index in [1.54, 1.807) is 0 Å². The Hall–Kier alpha value is -1.59. The summed E-state index contributed by atoms with van der Waals surface area (Å²) in [4.78, 5) is 8.32. The number of hydrogen-bond donors (Lipinski definition) is 2. The van der Waals surface area contributed by atoms with Crippen LogP contribution in [-0.4, -0.2) is 16.5 Å². The van der Waals surface area contributed by atoms with E-state index in [-0.39, 0.29) is 5.02 Å². The molecule has 1 heterocycles. The van der Waals surface area contributed by atoms with E-state index in [0.717, 1.165) is 13.0 Å². The highest BCUT2D eigenvalue weighted by Gasteiger charge is 2.08. The first-order chi connectivity index (χ1) is 9.60. The van der Waals surface area contributed by atoms with Crippen molar-refractivity contribution >= 4 is 40.7 Å². The quantitative estimate of drug-likeness (QED) is 0.853. The van der Waals surface area contributed by atoms with Crippen LogP contribution in [0.4, 0.5) is 21.8 Å². The van der Waals surface area contributed by atoms with Crippen molar-refractivity contribution in [1.29, 1.82) is 0 Å². The monoisotopic (exact) mass is 314 g/mol. The number of nitrogens with one attached hydrogen (secondary N) is 2. The highest BCUT2D eigenvalue weighted by Crippen LogP contribution is 2.28. The second-order valence-corrected chi connectivity index (χ2v) is 4.88. The Kier molecular flexibility index (Phi) is 4.98. The van der Waals surface area contributed by atoms with Gasteiger partial charge in [0.15, 0.2) is 5.82 Å². The van der Waals surface area contributed by atoms with E-state index in [2.05, 4.69) is 20.6 Å². The zero-order valence-corrected chi connectivity index (χ0v) is 12.3. The lowest BCUT2D eigenvalue weighted by Crippen LogP contribution is -2.06. The molecule has 1 aromatic carbocycles. The van der Waals surface area contributed by atoms with E-state index in [4.69, 9.17) is 23.2 Å². The molecule has 0 atom stereocenters. The molecule has 1 aromatic heterocycles. The summed E-state index contributed by atoms with van der Waals surface area (Å²) in [6, 6.07) is 4.05. The van der Waals surface area contributed by atoms with Crippen LogP contribution in [0.25, 0.3) is 0 Å². The smallest absolute Gasteiger partial charge is 0.224 e. The minimum atomic E-state index is -0.403. The molecule has 0 bridgehead atoms. The normalized spacial score (nSPS) is 10.4. The molecule has 106 valence electrons. The van der Waals surface area contributed by atoms with E-state index in [1.807, 2.05) is 6.92 Å². The van der Waals surface area contributed by atoms with Crippen LogP contribution >= 0.6 is 23.2 Å². The molecule has 2 rings (SSSR count). The van der Waals surface area contributed by atoms with Crippen molar-refractivity contribution in [2.45, 2.75) is 13.3 Å². The summed E-state index contributed by atoms with van der Waals surface area (Å²) in [5.41, 5.74) is 0.523. The maximum absolute atomic E-state index is 13.0. The fraction of sp³-hybridized carbons (Fsp3) is 0.231. The van der Waals surface area contributed by atoms with Crippen LogP contribution in [0, 0.1) is 5.82 Å². The summed E-state index contributed by atoms with van der Waals surface area (Å²) in [5, 5.41) is 6.63. The van der Waals surface area contributed by atoms with Gasteiger partial charge in [-0.25, -0.2) is 9.37 Å². The lowest BCUT2D eigenvalue weighted by Gasteiger charge is -2.10. The number of halogens is 3. The molecule has 0 unspecified atom stereocenters. The fourth-order valence-electron chi connectivity index (χ4n) is 1.50. The van der Waals surface area contributed by atoms with Crippen LogP contribution in [0.15, 0.2) is 24.4 Å². The third kappa shape index (κ3) is 3.71. The van der Waals surface area contributed by atoms with Crippen LogP contribution in [-0.2, 0) is 0 Å². The molecule has 0 aliphatic carbocycles. The molecule has 0 saturated carbocycles. The van der Waals surface area contributed by atoms with E-state index >= 15 is 0 Å². The van der Waals surface area contributed by atoms with Gasteiger partial charge in [0, 0.05) is 6.54 Å². The summed E-state index contributed by atoms with van der Waals surface area (Å²) in [6.07, 6.45) is 2.45. The molecule has 0 fully saturated rings. The molecule has 0 saturated heterocycles. The molecule has 2 N–H and O–H groups in total. The molecular formula is C13H13Cl2FN4. The molecule has 0 aliphatic rings. The van der Waals surface area contributed by atoms with Gasteiger partial charge in [-0.15, -0.1) is 0 Å². The molecule has 7 heteroatoms. The third-order valence-corrected chi connectivity index (χ3v) is 3.05. The van der Waals surface area contributed by atoms with Crippen molar-refractivity contribution in [3.8, 4) is 0 Å². The number of hydrogen-bond acceptors (Lipinski definition) is 4. The topological polar surface area (TPSA) is 49.8 Å². The number of benzene rings is 1. The Labute approximate surface area is 126 Å². The van der Waals surface area contributed by atoms with Crippen LogP contribution in [0.5, 0.6) is 0 Å². The van der Waals surface area contributed by atoms with Gasteiger partial charge >= 0.3 is 0 Å². The largest absolute Gasteiger partial charge is 0.354 e. The number of rotatable bonds is 5. The van der Waals surface area contributed by atoms with Crippen LogP contribution < -0.4 is 10.6 Å². The summed E-state index contributed by atoms with van der Waals surface area (Å²) < 4.78 is 13.0. The standard InChI is InChI=1S/C13H13Cl2FN4/c1-2-5-17-13-18-7-10(15)12(20-13)19-11-4-3-8(16)6-9(11)14/h3-4,6-7H,2,5H2,1H3,(H2,17,18,19,20). The van der Waals surface area contributed by atoms with Crippen molar-refractivity contribution in [2.24, 2.45) is 0 Å². The summed E-state index contributed by atoms with van der Waals surface area (Å²) in [7, 11) is 0. The zero-order valence-electron chi connectivity index (χ0n) is 10.8. The Morgan fingerprint density at radius 2 is 2.05 bits per heavy atom. The molecule has 0 spiro atoms. The van der Waals surface area contributed by atoms with Gasteiger partial charge in [-0.05, 0) is 24.6 Å². The van der Waals surface area contributed by atoms with E-state index in [0.29, 0.717) is 22.5 Å². The fourth-order valence-corrected chi connectivity index (χ4v) is 1.85. The minimum Gasteiger partial charge on any atom is -0.354 e. The van der Waals surface area contributed by atoms with Gasteiger partial charge in [0.25, 0.3) is 0 Å². The third-order valence-electron chi connectivity index (χ3n) is 2.46. The summed E-state index contributed by atoms with van der Waals surface area (Å²) >= 11 is 12.0. The van der Waals surface area contributed by atoms with Gasteiger partial charge in [-0.1, -0.05) is 30.1 Å². The molecule has 0 amide bonds. The molecule has 4 nitrogen and oxygen atoms in total. The first-order valence-electron chi connectivity index (χ1n) is 6.08. The van der Waals surface area contributed by atoms with Gasteiger partial charge in [0.2, 0.25) is 5.95 Å². The Morgan fingerprint density at radius 3 is 2.75 bits per heavy atom. The van der Waals surface area contributed by atoms with E-state index in [9.17, 15) is 4.39 Å². The molecule has 0 aliphatic heterocycles. The van der Waals surface area contributed by atoms with Gasteiger partial charge in [0.05, 0.1) is 16.9 Å². The zero-order chi connectivity index (χ0) is 14.5. The second-order valence-electron chi connectivity index (χ2n) is 4.07. The molecular weight excluding hydrogens is 302 g/mol. The Bertz CT molecular complexity index is 607. The molecule has 20 heavy (non-hydrogen) atoms. The first kappa shape index (κ1) is 14.8. The van der Waals surface area contributed by atoms with Gasteiger partial charge < -0.3 is 10.6 Å². The van der Waals surface area contributed by atoms with Gasteiger partial charge in [0.1, 0.15) is 10.8 Å². The Morgan fingerprint density at radius 1 is 1.25 bits per heavy atom. The second kappa shape index (κ2) is 6.72. The number of nitrogens with zero attached hydrogens (tertiary/aromatic N) is 2. The van der Waals surface area contributed by atoms with Gasteiger partial charge in [-0.2, -0.15) is 4.98 Å². The SMILES string of the molecule is CCCNc1ncc(Cl)c(Nc2ccc(F)cc2Cl)n1. The number of anilines is 3.